The number of nitrogens with two attached hydrogens (primary N) is 2. The van der Waals surface area contributed by atoms with Crippen molar-refractivity contribution in [1.82, 2.24) is 4.98 Å². The summed E-state index contributed by atoms with van der Waals surface area (Å²) in [7, 11) is 0. The minimum Gasteiger partial charge on any atom is -0.508 e. The van der Waals surface area contributed by atoms with Crippen LogP contribution in [-0.4, -0.2) is 21.9 Å². The first-order valence-electron chi connectivity index (χ1n) is 5.39. The molecule has 0 atom stereocenters. The highest BCUT2D eigenvalue weighted by molar-refractivity contribution is 6.00. The third-order valence-corrected chi connectivity index (χ3v) is 2.54. The van der Waals surface area contributed by atoms with E-state index in [2.05, 4.69) is 4.98 Å². The van der Waals surface area contributed by atoms with Crippen LogP contribution in [0.2, 0.25) is 0 Å². The van der Waals surface area contributed by atoms with Crippen LogP contribution in [0.3, 0.4) is 0 Å². The van der Waals surface area contributed by atoms with Crippen LogP contribution in [0.25, 0.3) is 11.1 Å². The number of hydrogen-bond donors (Lipinski definition) is 3. The Labute approximate surface area is 108 Å². The largest absolute Gasteiger partial charge is 0.508 e. The minimum absolute atomic E-state index is 0.0438. The van der Waals surface area contributed by atoms with Gasteiger partial charge in [-0.05, 0) is 29.8 Å². The maximum Gasteiger partial charge on any atom is 0.267 e. The van der Waals surface area contributed by atoms with Crippen LogP contribution in [0, 0.1) is 0 Å². The molecule has 0 fully saturated rings. The van der Waals surface area contributed by atoms with Crippen molar-refractivity contribution in [3.8, 4) is 16.9 Å². The molecule has 0 saturated heterocycles. The highest BCUT2D eigenvalue weighted by Crippen LogP contribution is 2.25. The Morgan fingerprint density at radius 3 is 2.37 bits per heavy atom. The molecule has 96 valence electrons. The summed E-state index contributed by atoms with van der Waals surface area (Å²) in [5.74, 6) is -1.47. The van der Waals surface area contributed by atoms with Gasteiger partial charge < -0.3 is 16.6 Å². The number of phenolic OH excluding ortho intramolecular Hbond substituents is 1. The third kappa shape index (κ3) is 2.52. The summed E-state index contributed by atoms with van der Waals surface area (Å²) in [6.45, 7) is 0. The number of aromatic hydroxyl groups is 1. The number of aromatic nitrogens is 1. The van der Waals surface area contributed by atoms with Crippen molar-refractivity contribution >= 4 is 11.8 Å². The number of pyridine rings is 1. The lowest BCUT2D eigenvalue weighted by Crippen LogP contribution is -2.19. The molecule has 2 rings (SSSR count). The molecule has 5 N–H and O–H groups in total. The highest BCUT2D eigenvalue weighted by atomic mass is 16.3. The number of carbonyl (C=O) groups excluding carboxylic acids is 2. The van der Waals surface area contributed by atoms with E-state index in [9.17, 15) is 14.7 Å². The smallest absolute Gasteiger partial charge is 0.267 e. The number of hydrogen-bond acceptors (Lipinski definition) is 4. The standard InChI is InChI=1S/C13H11N3O3/c14-12(18)10-5-4-9(11(16-10)13(15)19)7-2-1-3-8(17)6-7/h1-6,17H,(H2,14,18)(H2,15,19). The van der Waals surface area contributed by atoms with Crippen LogP contribution in [0.1, 0.15) is 21.0 Å². The number of phenols is 1. The second-order valence-electron chi connectivity index (χ2n) is 3.87. The molecule has 0 spiro atoms. The summed E-state index contributed by atoms with van der Waals surface area (Å²) < 4.78 is 0. The molecule has 0 aliphatic carbocycles. The van der Waals surface area contributed by atoms with E-state index in [4.69, 9.17) is 11.5 Å². The van der Waals surface area contributed by atoms with Crippen molar-refractivity contribution in [2.24, 2.45) is 11.5 Å². The first-order valence-corrected chi connectivity index (χ1v) is 5.39. The van der Waals surface area contributed by atoms with Crippen molar-refractivity contribution in [2.75, 3.05) is 0 Å². The van der Waals surface area contributed by atoms with Crippen LogP contribution in [0.15, 0.2) is 36.4 Å². The Morgan fingerprint density at radius 1 is 1.05 bits per heavy atom. The van der Waals surface area contributed by atoms with Gasteiger partial charge in [-0.15, -0.1) is 0 Å². The van der Waals surface area contributed by atoms with E-state index in [-0.39, 0.29) is 17.1 Å². The first-order chi connectivity index (χ1) is 8.99. The van der Waals surface area contributed by atoms with Gasteiger partial charge >= 0.3 is 0 Å². The van der Waals surface area contributed by atoms with E-state index < -0.39 is 11.8 Å². The van der Waals surface area contributed by atoms with Crippen LogP contribution in [-0.2, 0) is 0 Å². The van der Waals surface area contributed by atoms with Gasteiger partial charge in [0.15, 0.2) is 0 Å². The molecule has 6 heteroatoms. The molecule has 6 nitrogen and oxygen atoms in total. The van der Waals surface area contributed by atoms with Crippen molar-refractivity contribution in [3.05, 3.63) is 47.8 Å². The Morgan fingerprint density at radius 2 is 1.79 bits per heavy atom. The molecule has 0 bridgehead atoms. The predicted octanol–water partition coefficient (Wildman–Crippen LogP) is 0.652. The van der Waals surface area contributed by atoms with Gasteiger partial charge in [0.1, 0.15) is 17.1 Å². The van der Waals surface area contributed by atoms with Crippen LogP contribution < -0.4 is 11.5 Å². The fourth-order valence-electron chi connectivity index (χ4n) is 1.69. The molecule has 1 heterocycles. The van der Waals surface area contributed by atoms with E-state index >= 15 is 0 Å². The Balaban J connectivity index is 2.63. The molecule has 0 aliphatic rings. The molecule has 0 aliphatic heterocycles. The topological polar surface area (TPSA) is 119 Å². The number of primary amides is 2. The molecule has 1 aromatic heterocycles. The SMILES string of the molecule is NC(=O)c1ccc(-c2cccc(O)c2)c(C(N)=O)n1. The predicted molar refractivity (Wildman–Crippen MR) is 68.4 cm³/mol. The lowest BCUT2D eigenvalue weighted by molar-refractivity contribution is 0.0993. The summed E-state index contributed by atoms with van der Waals surface area (Å²) in [5, 5.41) is 9.44. The van der Waals surface area contributed by atoms with Crippen molar-refractivity contribution in [2.45, 2.75) is 0 Å². The van der Waals surface area contributed by atoms with Gasteiger partial charge in [-0.3, -0.25) is 9.59 Å². The molecule has 19 heavy (non-hydrogen) atoms. The second kappa shape index (κ2) is 4.77. The molecule has 2 aromatic rings. The Kier molecular flexibility index (Phi) is 3.15. The van der Waals surface area contributed by atoms with Crippen molar-refractivity contribution in [3.63, 3.8) is 0 Å². The van der Waals surface area contributed by atoms with Crippen LogP contribution in [0.4, 0.5) is 0 Å². The summed E-state index contributed by atoms with van der Waals surface area (Å²) in [4.78, 5) is 26.3. The average molecular weight is 257 g/mol. The molecular weight excluding hydrogens is 246 g/mol. The molecular formula is C13H11N3O3. The quantitative estimate of drug-likeness (QED) is 0.747. The number of amides is 2. The van der Waals surface area contributed by atoms with Gasteiger partial charge in [-0.1, -0.05) is 12.1 Å². The van der Waals surface area contributed by atoms with Crippen molar-refractivity contribution < 1.29 is 14.7 Å². The van der Waals surface area contributed by atoms with Gasteiger partial charge in [0, 0.05) is 5.56 Å². The van der Waals surface area contributed by atoms with Gasteiger partial charge in [-0.25, -0.2) is 4.98 Å². The summed E-state index contributed by atoms with van der Waals surface area (Å²) >= 11 is 0. The van der Waals surface area contributed by atoms with E-state index in [0.717, 1.165) is 0 Å². The zero-order valence-electron chi connectivity index (χ0n) is 9.83. The molecule has 1 aromatic carbocycles. The third-order valence-electron chi connectivity index (χ3n) is 2.54. The van der Waals surface area contributed by atoms with Gasteiger partial charge in [0.05, 0.1) is 0 Å². The summed E-state index contributed by atoms with van der Waals surface area (Å²) in [6, 6.07) is 9.19. The maximum absolute atomic E-state index is 11.4. The zero-order chi connectivity index (χ0) is 14.0. The monoisotopic (exact) mass is 257 g/mol. The Hall–Kier alpha value is -2.89. The normalized spacial score (nSPS) is 10.1. The van der Waals surface area contributed by atoms with E-state index in [1.165, 1.54) is 24.3 Å². The second-order valence-corrected chi connectivity index (χ2v) is 3.87. The van der Waals surface area contributed by atoms with Gasteiger partial charge in [0.2, 0.25) is 0 Å². The highest BCUT2D eigenvalue weighted by Gasteiger charge is 2.15. The summed E-state index contributed by atoms with van der Waals surface area (Å²) in [6.07, 6.45) is 0. The number of nitrogens with zero attached hydrogens (tertiary/aromatic N) is 1. The zero-order valence-corrected chi connectivity index (χ0v) is 9.83. The number of benzene rings is 1. The molecule has 0 saturated carbocycles. The van der Waals surface area contributed by atoms with E-state index in [0.29, 0.717) is 11.1 Å². The van der Waals surface area contributed by atoms with Gasteiger partial charge in [0.25, 0.3) is 11.8 Å². The van der Waals surface area contributed by atoms with Crippen LogP contribution in [0.5, 0.6) is 5.75 Å². The molecule has 0 unspecified atom stereocenters. The van der Waals surface area contributed by atoms with Crippen LogP contribution >= 0.6 is 0 Å². The van der Waals surface area contributed by atoms with E-state index in [1.54, 1.807) is 12.1 Å². The minimum atomic E-state index is -0.776. The number of rotatable bonds is 3. The lowest BCUT2D eigenvalue weighted by atomic mass is 10.0. The first kappa shape index (κ1) is 12.6. The summed E-state index contributed by atoms with van der Waals surface area (Å²) in [5.41, 5.74) is 11.2. The van der Waals surface area contributed by atoms with E-state index in [1.807, 2.05) is 0 Å². The van der Waals surface area contributed by atoms with Gasteiger partial charge in [-0.2, -0.15) is 0 Å². The number of carbonyl (C=O) groups is 2. The molecule has 2 amide bonds. The molecule has 0 radical (unpaired) electrons. The maximum atomic E-state index is 11.4. The fourth-order valence-corrected chi connectivity index (χ4v) is 1.69. The fraction of sp³-hybridized carbons (Fsp3) is 0. The lowest BCUT2D eigenvalue weighted by Gasteiger charge is -2.07. The average Bonchev–Trinajstić information content (AvgIpc) is 2.37. The van der Waals surface area contributed by atoms with Crippen molar-refractivity contribution in [1.29, 1.82) is 0 Å². The Bertz CT molecular complexity index is 668.